The Kier molecular flexibility index (Phi) is 5.77. The van der Waals surface area contributed by atoms with Gasteiger partial charge in [-0.05, 0) is 18.6 Å². The molecule has 1 aromatic heterocycles. The van der Waals surface area contributed by atoms with Gasteiger partial charge in [-0.2, -0.15) is 0 Å². The molecule has 0 aliphatic carbocycles. The van der Waals surface area contributed by atoms with Crippen molar-refractivity contribution in [1.29, 1.82) is 0 Å². The van der Waals surface area contributed by atoms with Crippen molar-refractivity contribution in [3.63, 3.8) is 0 Å². The Labute approximate surface area is 176 Å². The number of benzene rings is 2. The van der Waals surface area contributed by atoms with E-state index in [1.165, 1.54) is 0 Å². The zero-order valence-corrected chi connectivity index (χ0v) is 17.6. The molecule has 1 fully saturated rings. The largest absolute Gasteiger partial charge is 0.497 e. The maximum absolute atomic E-state index is 13.3. The molecule has 0 bridgehead atoms. The fourth-order valence-electron chi connectivity index (χ4n) is 3.84. The van der Waals surface area contributed by atoms with Crippen LogP contribution in [0.25, 0.3) is 16.9 Å². The number of amides is 1. The lowest BCUT2D eigenvalue weighted by Gasteiger charge is -2.26. The summed E-state index contributed by atoms with van der Waals surface area (Å²) in [5, 5.41) is 0. The lowest BCUT2D eigenvalue weighted by Crippen LogP contribution is -2.40. The molecule has 156 valence electrons. The molecule has 0 radical (unpaired) electrons. The van der Waals surface area contributed by atoms with E-state index in [1.54, 1.807) is 14.2 Å². The van der Waals surface area contributed by atoms with Crippen molar-refractivity contribution in [3.05, 3.63) is 65.9 Å². The molecule has 0 unspecified atom stereocenters. The van der Waals surface area contributed by atoms with Crippen LogP contribution in [0.4, 0.5) is 0 Å². The minimum atomic E-state index is 0.0293. The topological polar surface area (TPSA) is 52.9 Å². The standard InChI is InChI=1S/C24H26N2O4/c1-17-22(24(27)25-9-11-30-12-10-25)16-23(18-7-5-4-6-8-18)26(17)19-13-20(28-2)15-21(14-19)29-3/h4-8,13-16H,9-12H2,1-3H3. The van der Waals surface area contributed by atoms with Crippen LogP contribution in [0.5, 0.6) is 11.5 Å². The molecule has 0 atom stereocenters. The van der Waals surface area contributed by atoms with Crippen LogP contribution in [0.1, 0.15) is 16.1 Å². The molecule has 0 spiro atoms. The molecular formula is C24H26N2O4. The van der Waals surface area contributed by atoms with Gasteiger partial charge < -0.3 is 23.7 Å². The van der Waals surface area contributed by atoms with E-state index >= 15 is 0 Å². The van der Waals surface area contributed by atoms with Crippen LogP contribution in [-0.2, 0) is 4.74 Å². The summed E-state index contributed by atoms with van der Waals surface area (Å²) in [6.07, 6.45) is 0. The molecule has 30 heavy (non-hydrogen) atoms. The zero-order valence-electron chi connectivity index (χ0n) is 17.6. The Hall–Kier alpha value is -3.25. The number of hydrogen-bond acceptors (Lipinski definition) is 4. The zero-order chi connectivity index (χ0) is 21.1. The normalized spacial score (nSPS) is 13.9. The quantitative estimate of drug-likeness (QED) is 0.644. The molecule has 1 aliphatic heterocycles. The van der Waals surface area contributed by atoms with Crippen LogP contribution in [0.2, 0.25) is 0 Å². The van der Waals surface area contributed by atoms with Crippen LogP contribution in [-0.4, -0.2) is 55.9 Å². The summed E-state index contributed by atoms with van der Waals surface area (Å²) in [5.74, 6) is 1.41. The molecule has 1 saturated heterocycles. The van der Waals surface area contributed by atoms with Crippen molar-refractivity contribution < 1.29 is 19.0 Å². The average Bonchev–Trinajstić information content (AvgIpc) is 3.16. The number of ether oxygens (including phenoxy) is 3. The fourth-order valence-corrected chi connectivity index (χ4v) is 3.84. The first-order valence-corrected chi connectivity index (χ1v) is 10.0. The Morgan fingerprint density at radius 1 is 0.933 bits per heavy atom. The maximum Gasteiger partial charge on any atom is 0.255 e. The fraction of sp³-hybridized carbons (Fsp3) is 0.292. The van der Waals surface area contributed by atoms with E-state index in [9.17, 15) is 4.79 Å². The van der Waals surface area contributed by atoms with E-state index in [1.807, 2.05) is 66.4 Å². The highest BCUT2D eigenvalue weighted by atomic mass is 16.5. The highest BCUT2D eigenvalue weighted by Gasteiger charge is 2.25. The van der Waals surface area contributed by atoms with Gasteiger partial charge in [0.1, 0.15) is 11.5 Å². The molecule has 3 aromatic rings. The third-order valence-corrected chi connectivity index (χ3v) is 5.44. The van der Waals surface area contributed by atoms with Gasteiger partial charge >= 0.3 is 0 Å². The lowest BCUT2D eigenvalue weighted by atomic mass is 10.1. The summed E-state index contributed by atoms with van der Waals surface area (Å²) in [4.78, 5) is 15.2. The molecule has 2 heterocycles. The van der Waals surface area contributed by atoms with Crippen LogP contribution < -0.4 is 9.47 Å². The SMILES string of the molecule is COc1cc(OC)cc(-n2c(-c3ccccc3)cc(C(=O)N3CCOCC3)c2C)c1. The molecular weight excluding hydrogens is 380 g/mol. The van der Waals surface area contributed by atoms with Gasteiger partial charge in [0.25, 0.3) is 5.91 Å². The second-order valence-electron chi connectivity index (χ2n) is 7.21. The summed E-state index contributed by atoms with van der Waals surface area (Å²) >= 11 is 0. The molecule has 6 nitrogen and oxygen atoms in total. The van der Waals surface area contributed by atoms with Gasteiger partial charge in [0, 0.05) is 37.0 Å². The first-order valence-electron chi connectivity index (χ1n) is 10.0. The van der Waals surface area contributed by atoms with Crippen LogP contribution in [0.3, 0.4) is 0 Å². The van der Waals surface area contributed by atoms with Crippen molar-refractivity contribution >= 4 is 5.91 Å². The summed E-state index contributed by atoms with van der Waals surface area (Å²) in [7, 11) is 3.26. The highest BCUT2D eigenvalue weighted by Crippen LogP contribution is 2.33. The monoisotopic (exact) mass is 406 g/mol. The second kappa shape index (κ2) is 8.63. The number of morpholine rings is 1. The second-order valence-corrected chi connectivity index (χ2v) is 7.21. The number of carbonyl (C=O) groups is 1. The Morgan fingerprint density at radius 2 is 1.57 bits per heavy atom. The van der Waals surface area contributed by atoms with Gasteiger partial charge in [-0.3, -0.25) is 4.79 Å². The Bertz CT molecular complexity index is 1010. The molecule has 4 rings (SSSR count). The predicted molar refractivity (Wildman–Crippen MR) is 116 cm³/mol. The lowest BCUT2D eigenvalue weighted by molar-refractivity contribution is 0.0302. The third-order valence-electron chi connectivity index (χ3n) is 5.44. The van der Waals surface area contributed by atoms with E-state index in [-0.39, 0.29) is 5.91 Å². The molecule has 1 aliphatic rings. The van der Waals surface area contributed by atoms with Gasteiger partial charge in [-0.1, -0.05) is 30.3 Å². The van der Waals surface area contributed by atoms with Crippen molar-refractivity contribution in [1.82, 2.24) is 9.47 Å². The van der Waals surface area contributed by atoms with E-state index in [0.717, 1.165) is 22.6 Å². The van der Waals surface area contributed by atoms with E-state index in [4.69, 9.17) is 14.2 Å². The average molecular weight is 406 g/mol. The number of rotatable bonds is 5. The summed E-state index contributed by atoms with van der Waals surface area (Å²) in [5.41, 5.74) is 4.42. The van der Waals surface area contributed by atoms with Gasteiger partial charge in [0.05, 0.1) is 44.4 Å². The van der Waals surface area contributed by atoms with Gasteiger partial charge in [-0.25, -0.2) is 0 Å². The number of methoxy groups -OCH3 is 2. The van der Waals surface area contributed by atoms with Crippen LogP contribution in [0.15, 0.2) is 54.6 Å². The molecule has 0 saturated carbocycles. The smallest absolute Gasteiger partial charge is 0.255 e. The molecule has 6 heteroatoms. The molecule has 0 N–H and O–H groups in total. The number of carbonyl (C=O) groups excluding carboxylic acids is 1. The highest BCUT2D eigenvalue weighted by molar-refractivity contribution is 5.97. The predicted octanol–water partition coefficient (Wildman–Crippen LogP) is 3.94. The summed E-state index contributed by atoms with van der Waals surface area (Å²) in [6.45, 7) is 4.34. The Morgan fingerprint density at radius 3 is 2.17 bits per heavy atom. The van der Waals surface area contributed by atoms with Crippen LogP contribution in [0, 0.1) is 6.92 Å². The minimum absolute atomic E-state index is 0.0293. The summed E-state index contributed by atoms with van der Waals surface area (Å²) in [6, 6.07) is 17.8. The number of aromatic nitrogens is 1. The first-order chi connectivity index (χ1) is 14.6. The van der Waals surface area contributed by atoms with E-state index in [2.05, 4.69) is 4.57 Å². The van der Waals surface area contributed by atoms with Crippen molar-refractivity contribution in [2.24, 2.45) is 0 Å². The van der Waals surface area contributed by atoms with Gasteiger partial charge in [0.15, 0.2) is 0 Å². The van der Waals surface area contributed by atoms with Crippen molar-refractivity contribution in [3.8, 4) is 28.4 Å². The van der Waals surface area contributed by atoms with Gasteiger partial charge in [-0.15, -0.1) is 0 Å². The van der Waals surface area contributed by atoms with Gasteiger partial charge in [0.2, 0.25) is 0 Å². The number of nitrogens with zero attached hydrogens (tertiary/aromatic N) is 2. The summed E-state index contributed by atoms with van der Waals surface area (Å²) < 4.78 is 18.4. The minimum Gasteiger partial charge on any atom is -0.497 e. The van der Waals surface area contributed by atoms with Crippen molar-refractivity contribution in [2.45, 2.75) is 6.92 Å². The van der Waals surface area contributed by atoms with E-state index < -0.39 is 0 Å². The van der Waals surface area contributed by atoms with Crippen LogP contribution >= 0.6 is 0 Å². The third kappa shape index (κ3) is 3.78. The van der Waals surface area contributed by atoms with Crippen molar-refractivity contribution in [2.75, 3.05) is 40.5 Å². The Balaban J connectivity index is 1.88. The first kappa shape index (κ1) is 20.0. The maximum atomic E-state index is 13.3. The molecule has 2 aromatic carbocycles. The van der Waals surface area contributed by atoms with E-state index in [0.29, 0.717) is 43.4 Å². The molecule has 1 amide bonds. The number of hydrogen-bond donors (Lipinski definition) is 0.